The summed E-state index contributed by atoms with van der Waals surface area (Å²) in [5.41, 5.74) is 1.11. The van der Waals surface area contributed by atoms with Crippen molar-refractivity contribution in [3.8, 4) is 0 Å². The molecule has 3 nitrogen and oxygen atoms in total. The molecule has 0 spiro atoms. The Morgan fingerprint density at radius 2 is 2.19 bits per heavy atom. The number of aliphatic hydroxyl groups is 2. The van der Waals surface area contributed by atoms with E-state index in [1.807, 2.05) is 0 Å². The van der Waals surface area contributed by atoms with Crippen LogP contribution in [0.1, 0.15) is 52.4 Å². The van der Waals surface area contributed by atoms with Crippen LogP contribution in [0.3, 0.4) is 0 Å². The van der Waals surface area contributed by atoms with Gasteiger partial charge in [-0.15, -0.1) is 0 Å². The minimum atomic E-state index is -0.360. The summed E-state index contributed by atoms with van der Waals surface area (Å²) in [4.78, 5) is 0. The molecule has 3 heteroatoms. The minimum absolute atomic E-state index is 0.108. The highest BCUT2D eigenvalue weighted by molar-refractivity contribution is 5.20. The van der Waals surface area contributed by atoms with E-state index < -0.39 is 0 Å². The third kappa shape index (κ3) is 2.38. The van der Waals surface area contributed by atoms with Crippen molar-refractivity contribution in [3.05, 3.63) is 11.6 Å². The molecule has 0 aliphatic heterocycles. The van der Waals surface area contributed by atoms with Gasteiger partial charge in [0.1, 0.15) is 0 Å². The van der Waals surface area contributed by atoms with Gasteiger partial charge in [-0.25, -0.2) is 0 Å². The molecule has 120 valence electrons. The lowest BCUT2D eigenvalue weighted by Gasteiger charge is -2.42. The molecule has 0 aromatic rings. The molecular weight excluding hydrogens is 264 g/mol. The Bertz CT molecular complexity index is 405. The molecule has 3 aliphatic carbocycles. The van der Waals surface area contributed by atoms with E-state index in [0.29, 0.717) is 23.9 Å². The van der Waals surface area contributed by atoms with E-state index in [1.165, 1.54) is 5.57 Å². The molecule has 2 saturated carbocycles. The van der Waals surface area contributed by atoms with E-state index in [1.54, 1.807) is 0 Å². The number of hydrogen-bond donors (Lipinski definition) is 2. The van der Waals surface area contributed by atoms with Crippen LogP contribution in [0.4, 0.5) is 0 Å². The van der Waals surface area contributed by atoms with Gasteiger partial charge < -0.3 is 14.9 Å². The van der Waals surface area contributed by atoms with Crippen LogP contribution < -0.4 is 0 Å². The lowest BCUT2D eigenvalue weighted by Crippen LogP contribution is -2.43. The third-order valence-electron chi connectivity index (χ3n) is 6.40. The maximum absolute atomic E-state index is 10.9. The lowest BCUT2D eigenvalue weighted by atomic mass is 9.66. The van der Waals surface area contributed by atoms with Gasteiger partial charge in [-0.05, 0) is 56.8 Å². The second-order valence-electron chi connectivity index (χ2n) is 7.48. The number of unbranched alkanes of at least 4 members (excludes halogenated alkanes) is 1. The van der Waals surface area contributed by atoms with Crippen LogP contribution in [0.25, 0.3) is 0 Å². The molecule has 3 rings (SSSR count). The molecule has 2 N–H and O–H groups in total. The highest BCUT2D eigenvalue weighted by Gasteiger charge is 2.63. The highest BCUT2D eigenvalue weighted by atomic mass is 16.5. The van der Waals surface area contributed by atoms with Crippen molar-refractivity contribution >= 4 is 0 Å². The van der Waals surface area contributed by atoms with Crippen LogP contribution in [-0.4, -0.2) is 35.6 Å². The molecule has 0 heterocycles. The molecule has 21 heavy (non-hydrogen) atoms. The Kier molecular flexibility index (Phi) is 4.45. The van der Waals surface area contributed by atoms with Crippen LogP contribution >= 0.6 is 0 Å². The number of rotatable bonds is 5. The van der Waals surface area contributed by atoms with Gasteiger partial charge in [-0.2, -0.15) is 0 Å². The number of aliphatic hydroxyl groups excluding tert-OH is 2. The molecule has 0 radical (unpaired) electrons. The van der Waals surface area contributed by atoms with E-state index in [0.717, 1.165) is 45.1 Å². The molecule has 0 aromatic carbocycles. The summed E-state index contributed by atoms with van der Waals surface area (Å²) in [7, 11) is 0. The topological polar surface area (TPSA) is 49.7 Å². The van der Waals surface area contributed by atoms with Gasteiger partial charge in [0.25, 0.3) is 0 Å². The predicted octanol–water partition coefficient (Wildman–Crippen LogP) is 2.91. The fourth-order valence-electron chi connectivity index (χ4n) is 5.23. The van der Waals surface area contributed by atoms with E-state index in [-0.39, 0.29) is 18.1 Å². The van der Waals surface area contributed by atoms with Crippen molar-refractivity contribution in [1.82, 2.24) is 0 Å². The average Bonchev–Trinajstić information content (AvgIpc) is 2.99. The number of hydrogen-bond acceptors (Lipinski definition) is 3. The lowest BCUT2D eigenvalue weighted by molar-refractivity contribution is -0.0487. The molecule has 3 aliphatic rings. The van der Waals surface area contributed by atoms with Crippen molar-refractivity contribution in [3.63, 3.8) is 0 Å². The van der Waals surface area contributed by atoms with Gasteiger partial charge in [0.15, 0.2) is 0 Å². The SMILES string of the molecule is CCCCO[C@H]1CC[C@@H]2[C@H]1C1CC(C)=CC[C@@]1(CO)[C@H]2O. The van der Waals surface area contributed by atoms with Crippen molar-refractivity contribution in [1.29, 1.82) is 0 Å². The Balaban J connectivity index is 1.81. The van der Waals surface area contributed by atoms with Gasteiger partial charge in [0.2, 0.25) is 0 Å². The van der Waals surface area contributed by atoms with Crippen molar-refractivity contribution in [2.45, 2.75) is 64.6 Å². The van der Waals surface area contributed by atoms with Crippen LogP contribution in [0.15, 0.2) is 11.6 Å². The molecule has 6 atom stereocenters. The quantitative estimate of drug-likeness (QED) is 0.605. The zero-order chi connectivity index (χ0) is 15.0. The fourth-order valence-corrected chi connectivity index (χ4v) is 5.23. The van der Waals surface area contributed by atoms with Gasteiger partial charge in [-0.3, -0.25) is 0 Å². The molecule has 1 unspecified atom stereocenters. The largest absolute Gasteiger partial charge is 0.396 e. The zero-order valence-electron chi connectivity index (χ0n) is 13.4. The summed E-state index contributed by atoms with van der Waals surface area (Å²) >= 11 is 0. The Hall–Kier alpha value is -0.380. The Morgan fingerprint density at radius 3 is 2.90 bits per heavy atom. The van der Waals surface area contributed by atoms with Crippen LogP contribution in [0.5, 0.6) is 0 Å². The van der Waals surface area contributed by atoms with Crippen LogP contribution in [0.2, 0.25) is 0 Å². The summed E-state index contributed by atoms with van der Waals surface area (Å²) in [5.74, 6) is 1.15. The van der Waals surface area contributed by atoms with Gasteiger partial charge in [0.05, 0.1) is 18.8 Å². The molecule has 0 aromatic heterocycles. The first kappa shape index (κ1) is 15.5. The number of allylic oxidation sites excluding steroid dienone is 2. The third-order valence-corrected chi connectivity index (χ3v) is 6.40. The summed E-state index contributed by atoms with van der Waals surface area (Å²) in [5, 5.41) is 20.9. The van der Waals surface area contributed by atoms with Crippen molar-refractivity contribution < 1.29 is 14.9 Å². The first-order chi connectivity index (χ1) is 10.1. The second-order valence-corrected chi connectivity index (χ2v) is 7.48. The molecule has 2 fully saturated rings. The number of fused-ring (bicyclic) bond motifs is 3. The van der Waals surface area contributed by atoms with E-state index in [9.17, 15) is 10.2 Å². The van der Waals surface area contributed by atoms with Gasteiger partial charge in [0, 0.05) is 12.0 Å². The standard InChI is InChI=1S/C18H30O3/c1-3-4-9-21-15-6-5-13-16(15)14-10-12(2)7-8-18(14,11-19)17(13)20/h7,13-17,19-20H,3-6,8-11H2,1-2H3/t13-,14?,15+,16+,17+,18+/m1/s1. The normalized spacial score (nSPS) is 45.3. The van der Waals surface area contributed by atoms with Gasteiger partial charge in [-0.1, -0.05) is 25.0 Å². The average molecular weight is 294 g/mol. The molecule has 0 bridgehead atoms. The van der Waals surface area contributed by atoms with E-state index in [2.05, 4.69) is 19.9 Å². The zero-order valence-corrected chi connectivity index (χ0v) is 13.4. The second kappa shape index (κ2) is 6.02. The summed E-state index contributed by atoms with van der Waals surface area (Å²) < 4.78 is 6.17. The van der Waals surface area contributed by atoms with E-state index >= 15 is 0 Å². The maximum atomic E-state index is 10.9. The number of ether oxygens (including phenoxy) is 1. The molecule has 0 amide bonds. The summed E-state index contributed by atoms with van der Waals surface area (Å²) in [6.45, 7) is 5.32. The molecule has 0 saturated heterocycles. The summed E-state index contributed by atoms with van der Waals surface area (Å²) in [6, 6.07) is 0. The van der Waals surface area contributed by atoms with Gasteiger partial charge >= 0.3 is 0 Å². The predicted molar refractivity (Wildman–Crippen MR) is 82.9 cm³/mol. The van der Waals surface area contributed by atoms with Crippen LogP contribution in [0, 0.1) is 23.2 Å². The van der Waals surface area contributed by atoms with Crippen molar-refractivity contribution in [2.24, 2.45) is 23.2 Å². The maximum Gasteiger partial charge on any atom is 0.0656 e. The molecular formula is C18H30O3. The summed E-state index contributed by atoms with van der Waals surface area (Å²) in [6.07, 6.45) is 8.42. The highest BCUT2D eigenvalue weighted by Crippen LogP contribution is 2.62. The van der Waals surface area contributed by atoms with E-state index in [4.69, 9.17) is 4.74 Å². The Morgan fingerprint density at radius 1 is 1.38 bits per heavy atom. The Labute approximate surface area is 128 Å². The first-order valence-corrected chi connectivity index (χ1v) is 8.70. The van der Waals surface area contributed by atoms with Crippen LogP contribution in [-0.2, 0) is 4.74 Å². The monoisotopic (exact) mass is 294 g/mol. The first-order valence-electron chi connectivity index (χ1n) is 8.70. The minimum Gasteiger partial charge on any atom is -0.396 e. The smallest absolute Gasteiger partial charge is 0.0656 e. The van der Waals surface area contributed by atoms with Crippen molar-refractivity contribution in [2.75, 3.05) is 13.2 Å². The fraction of sp³-hybridized carbons (Fsp3) is 0.889.